The molecule has 1 N–H and O–H groups in total. The Labute approximate surface area is 112 Å². The summed E-state index contributed by atoms with van der Waals surface area (Å²) in [5.41, 5.74) is 0.248. The Balaban J connectivity index is 1.74. The number of hydrogen-bond donors (Lipinski definition) is 1. The number of hydrogen-bond acceptors (Lipinski definition) is 2. The number of rotatable bonds is 5. The van der Waals surface area contributed by atoms with Gasteiger partial charge in [0.25, 0.3) is 0 Å². The van der Waals surface area contributed by atoms with Crippen LogP contribution < -0.4 is 5.32 Å². The molecule has 2 atom stereocenters. The average Bonchev–Trinajstić information content (AvgIpc) is 2.78. The molecule has 18 heavy (non-hydrogen) atoms. The summed E-state index contributed by atoms with van der Waals surface area (Å²) in [6, 6.07) is 0.460. The van der Waals surface area contributed by atoms with E-state index >= 15 is 0 Å². The molecule has 1 spiro atoms. The van der Waals surface area contributed by atoms with E-state index in [0.29, 0.717) is 12.1 Å². The van der Waals surface area contributed by atoms with Crippen LogP contribution in [0.15, 0.2) is 0 Å². The molecule has 2 unspecified atom stereocenters. The summed E-state index contributed by atoms with van der Waals surface area (Å²) in [5.74, 6) is 2.75. The van der Waals surface area contributed by atoms with E-state index < -0.39 is 0 Å². The number of terminal acetylenes is 1. The van der Waals surface area contributed by atoms with Crippen molar-refractivity contribution in [2.24, 2.45) is 0 Å². The quantitative estimate of drug-likeness (QED) is 0.755. The van der Waals surface area contributed by atoms with Crippen molar-refractivity contribution >= 4 is 0 Å². The van der Waals surface area contributed by atoms with E-state index in [1.165, 1.54) is 44.9 Å². The van der Waals surface area contributed by atoms with E-state index in [-0.39, 0.29) is 5.60 Å². The maximum atomic E-state index is 6.35. The Hall–Kier alpha value is -0.520. The van der Waals surface area contributed by atoms with E-state index in [1.807, 2.05) is 0 Å². The molecule has 1 heterocycles. The topological polar surface area (TPSA) is 21.3 Å². The minimum absolute atomic E-state index is 0.248. The van der Waals surface area contributed by atoms with Crippen molar-refractivity contribution < 1.29 is 4.74 Å². The van der Waals surface area contributed by atoms with Crippen LogP contribution in [-0.4, -0.2) is 24.3 Å². The molecule has 2 rings (SSSR count). The Morgan fingerprint density at radius 1 is 1.33 bits per heavy atom. The summed E-state index contributed by atoms with van der Waals surface area (Å²) in [6.07, 6.45) is 16.9. The van der Waals surface area contributed by atoms with Gasteiger partial charge in [0, 0.05) is 19.0 Å². The molecule has 2 heteroatoms. The maximum absolute atomic E-state index is 6.35. The van der Waals surface area contributed by atoms with E-state index in [4.69, 9.17) is 11.2 Å². The summed E-state index contributed by atoms with van der Waals surface area (Å²) in [7, 11) is 0. The van der Waals surface area contributed by atoms with Gasteiger partial charge in [-0.25, -0.2) is 0 Å². The van der Waals surface area contributed by atoms with E-state index in [2.05, 4.69) is 18.2 Å². The first-order valence-electron chi connectivity index (χ1n) is 7.63. The Morgan fingerprint density at radius 3 is 2.78 bits per heavy atom. The van der Waals surface area contributed by atoms with Crippen molar-refractivity contribution in [2.75, 3.05) is 6.54 Å². The van der Waals surface area contributed by atoms with Crippen molar-refractivity contribution in [1.82, 2.24) is 5.32 Å². The first-order valence-corrected chi connectivity index (χ1v) is 7.63. The van der Waals surface area contributed by atoms with Crippen LogP contribution in [0.5, 0.6) is 0 Å². The largest absolute Gasteiger partial charge is 0.370 e. The zero-order valence-corrected chi connectivity index (χ0v) is 11.7. The van der Waals surface area contributed by atoms with Crippen LogP contribution in [-0.2, 0) is 4.74 Å². The zero-order valence-electron chi connectivity index (χ0n) is 11.7. The van der Waals surface area contributed by atoms with Crippen LogP contribution >= 0.6 is 0 Å². The van der Waals surface area contributed by atoms with Crippen LogP contribution in [0.4, 0.5) is 0 Å². The molecule has 2 aliphatic rings. The third-order valence-electron chi connectivity index (χ3n) is 4.59. The van der Waals surface area contributed by atoms with Gasteiger partial charge in [-0.15, -0.1) is 12.3 Å². The van der Waals surface area contributed by atoms with Gasteiger partial charge in [-0.1, -0.05) is 26.2 Å². The van der Waals surface area contributed by atoms with Gasteiger partial charge in [-0.2, -0.15) is 0 Å². The summed E-state index contributed by atoms with van der Waals surface area (Å²) in [4.78, 5) is 0. The van der Waals surface area contributed by atoms with E-state index in [1.54, 1.807) is 0 Å². The van der Waals surface area contributed by atoms with Crippen LogP contribution in [0.1, 0.15) is 64.7 Å². The standard InChI is InChI=1S/C16H27NO/c1-3-8-14(4-2)17-13-15-9-12-16(18-15)10-6-5-7-11-16/h1,14-15,17H,4-13H2,2H3. The fourth-order valence-corrected chi connectivity index (χ4v) is 3.40. The molecule has 0 bridgehead atoms. The van der Waals surface area contributed by atoms with Crippen LogP contribution in [0, 0.1) is 12.3 Å². The third-order valence-corrected chi connectivity index (χ3v) is 4.59. The molecule has 0 aromatic rings. The molecule has 1 saturated heterocycles. The van der Waals surface area contributed by atoms with Gasteiger partial charge in [-0.05, 0) is 32.1 Å². The smallest absolute Gasteiger partial charge is 0.0708 e. The highest BCUT2D eigenvalue weighted by Gasteiger charge is 2.40. The molecule has 2 nitrogen and oxygen atoms in total. The normalized spacial score (nSPS) is 28.1. The van der Waals surface area contributed by atoms with E-state index in [9.17, 15) is 0 Å². The Bertz CT molecular complexity index is 288. The van der Waals surface area contributed by atoms with Crippen LogP contribution in [0.25, 0.3) is 0 Å². The predicted molar refractivity (Wildman–Crippen MR) is 75.5 cm³/mol. The maximum Gasteiger partial charge on any atom is 0.0708 e. The van der Waals surface area contributed by atoms with Crippen LogP contribution in [0.2, 0.25) is 0 Å². The highest BCUT2D eigenvalue weighted by molar-refractivity contribution is 4.93. The summed E-state index contributed by atoms with van der Waals surface area (Å²) < 4.78 is 6.35. The van der Waals surface area contributed by atoms with Gasteiger partial charge in [-0.3, -0.25) is 0 Å². The molecule has 1 saturated carbocycles. The molecule has 0 amide bonds. The van der Waals surface area contributed by atoms with Crippen molar-refractivity contribution in [3.05, 3.63) is 0 Å². The SMILES string of the molecule is C#CCC(CC)NCC1CCC2(CCCCC2)O1. The fraction of sp³-hybridized carbons (Fsp3) is 0.875. The van der Waals surface area contributed by atoms with Gasteiger partial charge in [0.2, 0.25) is 0 Å². The molecule has 0 aromatic heterocycles. The summed E-state index contributed by atoms with van der Waals surface area (Å²) in [5, 5.41) is 3.57. The molecule has 0 radical (unpaired) electrons. The summed E-state index contributed by atoms with van der Waals surface area (Å²) in [6.45, 7) is 3.16. The number of ether oxygens (including phenoxy) is 1. The lowest BCUT2D eigenvalue weighted by Gasteiger charge is -2.33. The van der Waals surface area contributed by atoms with Gasteiger partial charge in [0.15, 0.2) is 0 Å². The molecule has 1 aliphatic carbocycles. The predicted octanol–water partition coefficient (Wildman–Crippen LogP) is 3.26. The first-order chi connectivity index (χ1) is 8.78. The highest BCUT2D eigenvalue weighted by atomic mass is 16.5. The first kappa shape index (κ1) is 13.9. The summed E-state index contributed by atoms with van der Waals surface area (Å²) >= 11 is 0. The average molecular weight is 249 g/mol. The molecule has 102 valence electrons. The lowest BCUT2D eigenvalue weighted by molar-refractivity contribution is -0.0629. The molecule has 0 aromatic carbocycles. The molecular formula is C16H27NO. The van der Waals surface area contributed by atoms with Gasteiger partial charge in [0.05, 0.1) is 11.7 Å². The molecular weight excluding hydrogens is 222 g/mol. The third kappa shape index (κ3) is 3.49. The zero-order chi connectivity index (χ0) is 12.8. The Kier molecular flexibility index (Phi) is 5.09. The second-order valence-electron chi connectivity index (χ2n) is 5.94. The second-order valence-corrected chi connectivity index (χ2v) is 5.94. The molecule has 2 fully saturated rings. The van der Waals surface area contributed by atoms with Gasteiger partial charge >= 0.3 is 0 Å². The van der Waals surface area contributed by atoms with Gasteiger partial charge < -0.3 is 10.1 Å². The van der Waals surface area contributed by atoms with Crippen molar-refractivity contribution in [3.8, 4) is 12.3 Å². The highest BCUT2D eigenvalue weighted by Crippen LogP contribution is 2.41. The van der Waals surface area contributed by atoms with Gasteiger partial charge in [0.1, 0.15) is 0 Å². The number of nitrogens with one attached hydrogen (secondary N) is 1. The van der Waals surface area contributed by atoms with Crippen molar-refractivity contribution in [1.29, 1.82) is 0 Å². The molecule has 1 aliphatic heterocycles. The second kappa shape index (κ2) is 6.59. The fourth-order valence-electron chi connectivity index (χ4n) is 3.40. The minimum atomic E-state index is 0.248. The van der Waals surface area contributed by atoms with E-state index in [0.717, 1.165) is 19.4 Å². The van der Waals surface area contributed by atoms with Crippen molar-refractivity contribution in [2.45, 2.75) is 82.5 Å². The van der Waals surface area contributed by atoms with Crippen molar-refractivity contribution in [3.63, 3.8) is 0 Å². The monoisotopic (exact) mass is 249 g/mol. The lowest BCUT2D eigenvalue weighted by atomic mass is 9.83. The lowest BCUT2D eigenvalue weighted by Crippen LogP contribution is -2.38. The minimum Gasteiger partial charge on any atom is -0.370 e. The Morgan fingerprint density at radius 2 is 2.11 bits per heavy atom. The van der Waals surface area contributed by atoms with Crippen LogP contribution in [0.3, 0.4) is 0 Å².